The van der Waals surface area contributed by atoms with Crippen molar-refractivity contribution in [1.82, 2.24) is 15.5 Å². The minimum Gasteiger partial charge on any atom is -0.355 e. The zero-order valence-corrected chi connectivity index (χ0v) is 9.64. The summed E-state index contributed by atoms with van der Waals surface area (Å²) in [6, 6.07) is 0. The van der Waals surface area contributed by atoms with Crippen LogP contribution in [0.25, 0.3) is 0 Å². The maximum atomic E-state index is 11.5. The fourth-order valence-corrected chi connectivity index (χ4v) is 2.25. The number of hydrogen-bond donors (Lipinski definition) is 1. The summed E-state index contributed by atoms with van der Waals surface area (Å²) in [5.74, 6) is 0.489. The Morgan fingerprint density at radius 3 is 2.87 bits per heavy atom. The molecule has 1 heterocycles. The van der Waals surface area contributed by atoms with Crippen molar-refractivity contribution >= 4 is 17.2 Å². The van der Waals surface area contributed by atoms with Crippen LogP contribution in [0, 0.1) is 12.8 Å². The molecule has 1 aromatic heterocycles. The number of aryl methyl sites for hydroxylation is 1. The van der Waals surface area contributed by atoms with Crippen LogP contribution < -0.4 is 5.32 Å². The molecule has 0 radical (unpaired) electrons. The van der Waals surface area contributed by atoms with Gasteiger partial charge in [0.25, 0.3) is 0 Å². The summed E-state index contributed by atoms with van der Waals surface area (Å²) < 4.78 is 0. The predicted octanol–water partition coefficient (Wildman–Crippen LogP) is 1.31. The zero-order valence-electron chi connectivity index (χ0n) is 8.82. The van der Waals surface area contributed by atoms with Gasteiger partial charge in [-0.3, -0.25) is 4.79 Å². The summed E-state index contributed by atoms with van der Waals surface area (Å²) in [6.07, 6.45) is 4.12. The summed E-state index contributed by atoms with van der Waals surface area (Å²) in [4.78, 5) is 11.5. The molecule has 0 saturated heterocycles. The molecule has 1 amide bonds. The molecule has 4 nitrogen and oxygen atoms in total. The molecule has 0 aromatic carbocycles. The molecule has 1 saturated carbocycles. The van der Waals surface area contributed by atoms with Crippen LogP contribution in [0.5, 0.6) is 0 Å². The Kier molecular flexibility index (Phi) is 3.30. The Bertz CT molecular complexity index is 346. The van der Waals surface area contributed by atoms with Gasteiger partial charge in [-0.1, -0.05) is 6.42 Å². The van der Waals surface area contributed by atoms with E-state index in [1.165, 1.54) is 6.42 Å². The number of amides is 1. The van der Waals surface area contributed by atoms with E-state index in [2.05, 4.69) is 15.5 Å². The summed E-state index contributed by atoms with van der Waals surface area (Å²) in [5.41, 5.74) is 0. The molecule has 0 atom stereocenters. The van der Waals surface area contributed by atoms with Crippen LogP contribution in [0.2, 0.25) is 0 Å². The van der Waals surface area contributed by atoms with Crippen LogP contribution in [-0.4, -0.2) is 22.6 Å². The maximum Gasteiger partial charge on any atom is 0.223 e. The lowest BCUT2D eigenvalue weighted by atomic mass is 9.85. The average molecular weight is 225 g/mol. The third-order valence-corrected chi connectivity index (χ3v) is 3.58. The van der Waals surface area contributed by atoms with Gasteiger partial charge < -0.3 is 5.32 Å². The van der Waals surface area contributed by atoms with Gasteiger partial charge in [0.05, 0.1) is 0 Å². The monoisotopic (exact) mass is 225 g/mol. The van der Waals surface area contributed by atoms with E-state index in [-0.39, 0.29) is 11.8 Å². The number of carbonyl (C=O) groups excluding carboxylic acids is 1. The Labute approximate surface area is 93.1 Å². The molecular formula is C10H15N3OS. The molecular weight excluding hydrogens is 210 g/mol. The van der Waals surface area contributed by atoms with Crippen molar-refractivity contribution in [2.24, 2.45) is 5.92 Å². The van der Waals surface area contributed by atoms with Crippen LogP contribution in [-0.2, 0) is 11.2 Å². The van der Waals surface area contributed by atoms with Gasteiger partial charge in [0.15, 0.2) is 0 Å². The van der Waals surface area contributed by atoms with Crippen molar-refractivity contribution < 1.29 is 4.79 Å². The lowest BCUT2D eigenvalue weighted by Crippen LogP contribution is -2.35. The summed E-state index contributed by atoms with van der Waals surface area (Å²) in [7, 11) is 0. The van der Waals surface area contributed by atoms with Gasteiger partial charge in [-0.25, -0.2) is 0 Å². The molecule has 15 heavy (non-hydrogen) atoms. The molecule has 0 unspecified atom stereocenters. The SMILES string of the molecule is Cc1nnc(CCNC(=O)C2CCC2)s1. The molecule has 2 rings (SSSR count). The maximum absolute atomic E-state index is 11.5. The molecule has 1 N–H and O–H groups in total. The number of rotatable bonds is 4. The second kappa shape index (κ2) is 4.70. The highest BCUT2D eigenvalue weighted by Crippen LogP contribution is 2.26. The minimum atomic E-state index is 0.211. The third kappa shape index (κ3) is 2.75. The standard InChI is InChI=1S/C10H15N3OS/c1-7-12-13-9(15-7)5-6-11-10(14)8-3-2-4-8/h8H,2-6H2,1H3,(H,11,14). The van der Waals surface area contributed by atoms with Crippen LogP contribution in [0.15, 0.2) is 0 Å². The molecule has 1 aliphatic rings. The van der Waals surface area contributed by atoms with Crippen molar-refractivity contribution in [2.45, 2.75) is 32.6 Å². The molecule has 0 spiro atoms. The summed E-state index contributed by atoms with van der Waals surface area (Å²) in [5, 5.41) is 12.9. The van der Waals surface area contributed by atoms with Gasteiger partial charge >= 0.3 is 0 Å². The van der Waals surface area contributed by atoms with Crippen molar-refractivity contribution in [1.29, 1.82) is 0 Å². The molecule has 0 aliphatic heterocycles. The Hall–Kier alpha value is -0.970. The topological polar surface area (TPSA) is 54.9 Å². The lowest BCUT2D eigenvalue weighted by Gasteiger charge is -2.23. The largest absolute Gasteiger partial charge is 0.355 e. The first-order valence-electron chi connectivity index (χ1n) is 5.32. The molecule has 1 aromatic rings. The highest BCUT2D eigenvalue weighted by atomic mass is 32.1. The van der Waals surface area contributed by atoms with E-state index < -0.39 is 0 Å². The van der Waals surface area contributed by atoms with E-state index in [1.807, 2.05) is 6.92 Å². The van der Waals surface area contributed by atoms with Crippen LogP contribution in [0.1, 0.15) is 29.3 Å². The van der Waals surface area contributed by atoms with E-state index in [0.717, 1.165) is 29.3 Å². The molecule has 82 valence electrons. The van der Waals surface area contributed by atoms with Crippen LogP contribution in [0.3, 0.4) is 0 Å². The van der Waals surface area contributed by atoms with E-state index >= 15 is 0 Å². The van der Waals surface area contributed by atoms with Gasteiger partial charge in [-0.05, 0) is 19.8 Å². The van der Waals surface area contributed by atoms with Crippen molar-refractivity contribution in [3.8, 4) is 0 Å². The summed E-state index contributed by atoms with van der Waals surface area (Å²) in [6.45, 7) is 2.62. The van der Waals surface area contributed by atoms with Gasteiger partial charge in [-0.2, -0.15) is 0 Å². The van der Waals surface area contributed by atoms with Gasteiger partial charge in [0.2, 0.25) is 5.91 Å². The predicted molar refractivity (Wildman–Crippen MR) is 58.7 cm³/mol. The molecule has 0 bridgehead atoms. The van der Waals surface area contributed by atoms with Crippen molar-refractivity contribution in [2.75, 3.05) is 6.54 Å². The number of nitrogens with one attached hydrogen (secondary N) is 1. The zero-order chi connectivity index (χ0) is 10.7. The second-order valence-corrected chi connectivity index (χ2v) is 5.15. The Balaban J connectivity index is 1.68. The normalized spacial score (nSPS) is 16.1. The first-order chi connectivity index (χ1) is 7.25. The summed E-state index contributed by atoms with van der Waals surface area (Å²) >= 11 is 1.59. The fraction of sp³-hybridized carbons (Fsp3) is 0.700. The first kappa shape index (κ1) is 10.5. The number of carbonyl (C=O) groups is 1. The van der Waals surface area contributed by atoms with E-state index in [0.29, 0.717) is 6.54 Å². The highest BCUT2D eigenvalue weighted by molar-refractivity contribution is 7.11. The molecule has 1 aliphatic carbocycles. The van der Waals surface area contributed by atoms with Crippen molar-refractivity contribution in [3.05, 3.63) is 10.0 Å². The van der Waals surface area contributed by atoms with Crippen LogP contribution in [0.4, 0.5) is 0 Å². The second-order valence-electron chi connectivity index (χ2n) is 3.88. The number of hydrogen-bond acceptors (Lipinski definition) is 4. The van der Waals surface area contributed by atoms with Gasteiger partial charge in [0, 0.05) is 18.9 Å². The lowest BCUT2D eigenvalue weighted by molar-refractivity contribution is -0.127. The van der Waals surface area contributed by atoms with E-state index in [9.17, 15) is 4.79 Å². The number of aromatic nitrogens is 2. The van der Waals surface area contributed by atoms with Crippen LogP contribution >= 0.6 is 11.3 Å². The van der Waals surface area contributed by atoms with Gasteiger partial charge in [0.1, 0.15) is 10.0 Å². The van der Waals surface area contributed by atoms with Gasteiger partial charge in [-0.15, -0.1) is 21.5 Å². The first-order valence-corrected chi connectivity index (χ1v) is 6.14. The van der Waals surface area contributed by atoms with E-state index in [1.54, 1.807) is 11.3 Å². The Morgan fingerprint density at radius 2 is 2.33 bits per heavy atom. The minimum absolute atomic E-state index is 0.211. The molecule has 5 heteroatoms. The quantitative estimate of drug-likeness (QED) is 0.840. The van der Waals surface area contributed by atoms with E-state index in [4.69, 9.17) is 0 Å². The number of nitrogens with zero attached hydrogens (tertiary/aromatic N) is 2. The van der Waals surface area contributed by atoms with Crippen molar-refractivity contribution in [3.63, 3.8) is 0 Å². The smallest absolute Gasteiger partial charge is 0.223 e. The fourth-order valence-electron chi connectivity index (χ4n) is 1.55. The third-order valence-electron chi connectivity index (χ3n) is 2.68. The average Bonchev–Trinajstić information content (AvgIpc) is 2.48. The molecule has 1 fully saturated rings. The Morgan fingerprint density at radius 1 is 1.53 bits per heavy atom. The highest BCUT2D eigenvalue weighted by Gasteiger charge is 2.24.